The van der Waals surface area contributed by atoms with E-state index < -0.39 is 0 Å². The molecule has 0 aliphatic carbocycles. The molecule has 2 N–H and O–H groups in total. The Kier molecular flexibility index (Phi) is 2.91. The molecule has 2 unspecified atom stereocenters. The zero-order chi connectivity index (χ0) is 9.19. The zero-order valence-corrected chi connectivity index (χ0v) is 8.26. The highest BCUT2D eigenvalue weighted by atomic mass is 16.5. The van der Waals surface area contributed by atoms with E-state index in [0.29, 0.717) is 0 Å². The van der Waals surface area contributed by atoms with Gasteiger partial charge in [0.05, 0.1) is 11.6 Å². The average Bonchev–Trinajstić information content (AvgIpc) is 2.36. The highest BCUT2D eigenvalue weighted by molar-refractivity contribution is 5.08. The van der Waals surface area contributed by atoms with E-state index >= 15 is 0 Å². The maximum absolute atomic E-state index is 6.01. The fourth-order valence-electron chi connectivity index (χ4n) is 1.60. The van der Waals surface area contributed by atoms with Gasteiger partial charge in [-0.2, -0.15) is 0 Å². The van der Waals surface area contributed by atoms with Crippen molar-refractivity contribution in [3.8, 4) is 0 Å². The molecule has 0 aromatic rings. The standard InChI is InChI=1S/C10H19NO/c1-8(2)7-9(11)10(3)5-4-6-12-10/h7,9H,4-6,11H2,1-3H3. The van der Waals surface area contributed by atoms with Crippen molar-refractivity contribution in [2.45, 2.75) is 45.3 Å². The topological polar surface area (TPSA) is 35.2 Å². The summed E-state index contributed by atoms with van der Waals surface area (Å²) in [4.78, 5) is 0. The summed E-state index contributed by atoms with van der Waals surface area (Å²) < 4.78 is 5.63. The summed E-state index contributed by atoms with van der Waals surface area (Å²) in [6, 6.07) is 0.0463. The second-order valence-electron chi connectivity index (χ2n) is 4.03. The molecule has 1 heterocycles. The van der Waals surface area contributed by atoms with Gasteiger partial charge in [-0.3, -0.25) is 0 Å². The van der Waals surface area contributed by atoms with Gasteiger partial charge in [0.25, 0.3) is 0 Å². The Morgan fingerprint density at radius 3 is 2.67 bits per heavy atom. The summed E-state index contributed by atoms with van der Waals surface area (Å²) in [5.74, 6) is 0. The summed E-state index contributed by atoms with van der Waals surface area (Å²) >= 11 is 0. The van der Waals surface area contributed by atoms with Crippen molar-refractivity contribution in [1.29, 1.82) is 0 Å². The van der Waals surface area contributed by atoms with Crippen LogP contribution in [-0.2, 0) is 4.74 Å². The first-order chi connectivity index (χ1) is 5.54. The molecule has 1 rings (SSSR count). The Morgan fingerprint density at radius 2 is 2.25 bits per heavy atom. The van der Waals surface area contributed by atoms with Crippen LogP contribution in [-0.4, -0.2) is 18.2 Å². The van der Waals surface area contributed by atoms with E-state index in [1.165, 1.54) is 5.57 Å². The SMILES string of the molecule is CC(C)=CC(N)C1(C)CCCO1. The fraction of sp³-hybridized carbons (Fsp3) is 0.800. The van der Waals surface area contributed by atoms with Gasteiger partial charge in [0.15, 0.2) is 0 Å². The smallest absolute Gasteiger partial charge is 0.0841 e. The Hall–Kier alpha value is -0.340. The summed E-state index contributed by atoms with van der Waals surface area (Å²) in [6.07, 6.45) is 4.31. The van der Waals surface area contributed by atoms with Gasteiger partial charge >= 0.3 is 0 Å². The van der Waals surface area contributed by atoms with E-state index in [-0.39, 0.29) is 11.6 Å². The van der Waals surface area contributed by atoms with Crippen LogP contribution < -0.4 is 5.73 Å². The maximum Gasteiger partial charge on any atom is 0.0841 e. The number of rotatable bonds is 2. The van der Waals surface area contributed by atoms with Gasteiger partial charge in [-0.05, 0) is 33.6 Å². The molecule has 1 aliphatic rings. The predicted molar refractivity (Wildman–Crippen MR) is 51.0 cm³/mol. The van der Waals surface area contributed by atoms with Crippen molar-refractivity contribution in [3.63, 3.8) is 0 Å². The van der Waals surface area contributed by atoms with Crippen LogP contribution in [0.25, 0.3) is 0 Å². The molecule has 1 saturated heterocycles. The molecule has 12 heavy (non-hydrogen) atoms. The van der Waals surface area contributed by atoms with E-state index in [2.05, 4.69) is 26.8 Å². The first-order valence-electron chi connectivity index (χ1n) is 4.59. The normalized spacial score (nSPS) is 31.7. The molecular formula is C10H19NO. The lowest BCUT2D eigenvalue weighted by Gasteiger charge is -2.28. The lowest BCUT2D eigenvalue weighted by Crippen LogP contribution is -2.43. The highest BCUT2D eigenvalue weighted by Gasteiger charge is 2.34. The van der Waals surface area contributed by atoms with Crippen LogP contribution in [0.1, 0.15) is 33.6 Å². The molecule has 0 spiro atoms. The van der Waals surface area contributed by atoms with Gasteiger partial charge in [-0.25, -0.2) is 0 Å². The third kappa shape index (κ3) is 2.08. The van der Waals surface area contributed by atoms with Crippen LogP contribution in [0.4, 0.5) is 0 Å². The Balaban J connectivity index is 2.61. The number of hydrogen-bond acceptors (Lipinski definition) is 2. The predicted octanol–water partition coefficient (Wildman–Crippen LogP) is 1.85. The third-order valence-corrected chi connectivity index (χ3v) is 2.47. The van der Waals surface area contributed by atoms with Crippen molar-refractivity contribution >= 4 is 0 Å². The minimum atomic E-state index is -0.114. The second-order valence-corrected chi connectivity index (χ2v) is 4.03. The number of hydrogen-bond donors (Lipinski definition) is 1. The molecule has 0 radical (unpaired) electrons. The highest BCUT2D eigenvalue weighted by Crippen LogP contribution is 2.28. The van der Waals surface area contributed by atoms with Crippen molar-refractivity contribution in [2.24, 2.45) is 5.73 Å². The molecule has 2 heteroatoms. The second kappa shape index (κ2) is 3.58. The molecule has 1 aliphatic heterocycles. The Morgan fingerprint density at radius 1 is 1.58 bits per heavy atom. The Labute approximate surface area is 74.8 Å². The molecule has 0 aromatic heterocycles. The number of nitrogens with two attached hydrogens (primary N) is 1. The largest absolute Gasteiger partial charge is 0.373 e. The molecule has 0 amide bonds. The van der Waals surface area contributed by atoms with Crippen LogP contribution in [0.2, 0.25) is 0 Å². The van der Waals surface area contributed by atoms with E-state index in [9.17, 15) is 0 Å². The molecule has 2 atom stereocenters. The van der Waals surface area contributed by atoms with Crippen molar-refractivity contribution in [1.82, 2.24) is 0 Å². The molecule has 1 fully saturated rings. The molecule has 0 aromatic carbocycles. The lowest BCUT2D eigenvalue weighted by atomic mass is 9.92. The van der Waals surface area contributed by atoms with Crippen LogP contribution >= 0.6 is 0 Å². The Bertz CT molecular complexity index is 176. The summed E-state index contributed by atoms with van der Waals surface area (Å²) in [7, 11) is 0. The van der Waals surface area contributed by atoms with Gasteiger partial charge in [-0.15, -0.1) is 0 Å². The van der Waals surface area contributed by atoms with Crippen molar-refractivity contribution < 1.29 is 4.74 Å². The van der Waals surface area contributed by atoms with E-state index in [0.717, 1.165) is 19.4 Å². The van der Waals surface area contributed by atoms with Crippen LogP contribution in [0.15, 0.2) is 11.6 Å². The van der Waals surface area contributed by atoms with Gasteiger partial charge in [-0.1, -0.05) is 11.6 Å². The van der Waals surface area contributed by atoms with Crippen LogP contribution in [0.3, 0.4) is 0 Å². The van der Waals surface area contributed by atoms with Crippen molar-refractivity contribution in [2.75, 3.05) is 6.61 Å². The van der Waals surface area contributed by atoms with Gasteiger partial charge < -0.3 is 10.5 Å². The molecule has 2 nitrogen and oxygen atoms in total. The lowest BCUT2D eigenvalue weighted by molar-refractivity contribution is 0.0103. The van der Waals surface area contributed by atoms with Gasteiger partial charge in [0, 0.05) is 6.61 Å². The summed E-state index contributed by atoms with van der Waals surface area (Å²) in [5, 5.41) is 0. The first-order valence-corrected chi connectivity index (χ1v) is 4.59. The minimum absolute atomic E-state index is 0.0463. The first kappa shape index (κ1) is 9.75. The minimum Gasteiger partial charge on any atom is -0.373 e. The van der Waals surface area contributed by atoms with E-state index in [1.807, 2.05) is 0 Å². The van der Waals surface area contributed by atoms with E-state index in [1.54, 1.807) is 0 Å². The average molecular weight is 169 g/mol. The quantitative estimate of drug-likeness (QED) is 0.640. The van der Waals surface area contributed by atoms with Crippen LogP contribution in [0, 0.1) is 0 Å². The van der Waals surface area contributed by atoms with E-state index in [4.69, 9.17) is 10.5 Å². The summed E-state index contributed by atoms with van der Waals surface area (Å²) in [5.41, 5.74) is 7.16. The van der Waals surface area contributed by atoms with Crippen molar-refractivity contribution in [3.05, 3.63) is 11.6 Å². The number of ether oxygens (including phenoxy) is 1. The molecule has 0 bridgehead atoms. The third-order valence-electron chi connectivity index (χ3n) is 2.47. The van der Waals surface area contributed by atoms with Gasteiger partial charge in [0.2, 0.25) is 0 Å². The molecular weight excluding hydrogens is 150 g/mol. The monoisotopic (exact) mass is 169 g/mol. The zero-order valence-electron chi connectivity index (χ0n) is 8.26. The fourth-order valence-corrected chi connectivity index (χ4v) is 1.60. The summed E-state index contributed by atoms with van der Waals surface area (Å²) in [6.45, 7) is 7.10. The van der Waals surface area contributed by atoms with Gasteiger partial charge in [0.1, 0.15) is 0 Å². The number of allylic oxidation sites excluding steroid dienone is 1. The molecule has 0 saturated carbocycles. The maximum atomic E-state index is 6.01. The molecule has 70 valence electrons. The van der Waals surface area contributed by atoms with Crippen LogP contribution in [0.5, 0.6) is 0 Å².